The lowest BCUT2D eigenvalue weighted by atomic mass is 10.1. The molecule has 0 unspecified atom stereocenters. The molecule has 4 heteroatoms. The van der Waals surface area contributed by atoms with Crippen LogP contribution in [0.5, 0.6) is 0 Å². The van der Waals surface area contributed by atoms with Gasteiger partial charge in [-0.2, -0.15) is 0 Å². The summed E-state index contributed by atoms with van der Waals surface area (Å²) >= 11 is 7.67. The first-order valence-electron chi connectivity index (χ1n) is 5.26. The molecule has 1 N–H and O–H groups in total. The molecule has 2 aromatic rings. The summed E-state index contributed by atoms with van der Waals surface area (Å²) in [6, 6.07) is 5.88. The van der Waals surface area contributed by atoms with Crippen LogP contribution in [0.25, 0.3) is 10.1 Å². The van der Waals surface area contributed by atoms with E-state index >= 15 is 0 Å². The number of hydrogen-bond acceptors (Lipinski definition) is 2. The Bertz CT molecular complexity index is 562. The summed E-state index contributed by atoms with van der Waals surface area (Å²) in [6.07, 6.45) is 2.09. The summed E-state index contributed by atoms with van der Waals surface area (Å²) in [6.45, 7) is 4.02. The van der Waals surface area contributed by atoms with Gasteiger partial charge >= 0.3 is 0 Å². The molecule has 0 bridgehead atoms. The number of rotatable bonds is 4. The first-order valence-corrected chi connectivity index (χ1v) is 6.52. The quantitative estimate of drug-likeness (QED) is 0.844. The summed E-state index contributed by atoms with van der Waals surface area (Å²) < 4.78 is 1.22. The van der Waals surface area contributed by atoms with Gasteiger partial charge in [-0.05, 0) is 47.0 Å². The van der Waals surface area contributed by atoms with Crippen LogP contribution in [0, 0.1) is 0 Å². The summed E-state index contributed by atoms with van der Waals surface area (Å²) in [7, 11) is 0. The lowest BCUT2D eigenvalue weighted by molar-refractivity contribution is -0.116. The summed E-state index contributed by atoms with van der Waals surface area (Å²) in [5.41, 5.74) is 1.22. The molecule has 1 aromatic carbocycles. The Morgan fingerprint density at radius 2 is 2.35 bits per heavy atom. The minimum absolute atomic E-state index is 0.137. The third-order valence-electron chi connectivity index (χ3n) is 2.49. The summed E-state index contributed by atoms with van der Waals surface area (Å²) in [5, 5.41) is 6.80. The van der Waals surface area contributed by atoms with Crippen LogP contribution in [-0.2, 0) is 11.2 Å². The maximum absolute atomic E-state index is 11.0. The fourth-order valence-corrected chi connectivity index (χ4v) is 2.79. The minimum atomic E-state index is -0.137. The average Bonchev–Trinajstić information content (AvgIpc) is 2.72. The molecule has 17 heavy (non-hydrogen) atoms. The van der Waals surface area contributed by atoms with E-state index in [1.807, 2.05) is 18.2 Å². The molecule has 0 atom stereocenters. The Kier molecular flexibility index (Phi) is 3.82. The number of fused-ring (bicyclic) bond motifs is 1. The molecule has 0 aliphatic heterocycles. The SMILES string of the molecule is C=CC(=O)NCCc1csc2ccc(Cl)cc12. The highest BCUT2D eigenvalue weighted by molar-refractivity contribution is 7.17. The zero-order valence-electron chi connectivity index (χ0n) is 9.20. The van der Waals surface area contributed by atoms with Gasteiger partial charge in [0.05, 0.1) is 0 Å². The lowest BCUT2D eigenvalue weighted by Crippen LogP contribution is -2.23. The molecule has 0 saturated carbocycles. The minimum Gasteiger partial charge on any atom is -0.352 e. The highest BCUT2D eigenvalue weighted by atomic mass is 35.5. The molecule has 0 radical (unpaired) electrons. The van der Waals surface area contributed by atoms with Crippen molar-refractivity contribution in [2.24, 2.45) is 0 Å². The lowest BCUT2D eigenvalue weighted by Gasteiger charge is -2.01. The molecule has 2 nitrogen and oxygen atoms in total. The number of thiophene rings is 1. The van der Waals surface area contributed by atoms with Crippen molar-refractivity contribution in [3.05, 3.63) is 46.8 Å². The third kappa shape index (κ3) is 2.87. The van der Waals surface area contributed by atoms with E-state index in [1.165, 1.54) is 21.7 Å². The molecule has 0 aliphatic carbocycles. The van der Waals surface area contributed by atoms with Crippen molar-refractivity contribution >= 4 is 38.9 Å². The highest BCUT2D eigenvalue weighted by Crippen LogP contribution is 2.28. The standard InChI is InChI=1S/C13H12ClNOS/c1-2-13(16)15-6-5-9-8-17-12-4-3-10(14)7-11(9)12/h2-4,7-8H,1,5-6H2,(H,15,16). The molecular weight excluding hydrogens is 254 g/mol. The van der Waals surface area contributed by atoms with Crippen molar-refractivity contribution < 1.29 is 4.79 Å². The highest BCUT2D eigenvalue weighted by Gasteiger charge is 2.04. The van der Waals surface area contributed by atoms with Crippen LogP contribution in [-0.4, -0.2) is 12.5 Å². The Hall–Kier alpha value is -1.32. The van der Waals surface area contributed by atoms with Gasteiger partial charge in [-0.3, -0.25) is 4.79 Å². The van der Waals surface area contributed by atoms with E-state index in [-0.39, 0.29) is 5.91 Å². The van der Waals surface area contributed by atoms with Gasteiger partial charge in [0.2, 0.25) is 5.91 Å². The van der Waals surface area contributed by atoms with Gasteiger partial charge in [-0.1, -0.05) is 18.2 Å². The average molecular weight is 266 g/mol. The smallest absolute Gasteiger partial charge is 0.243 e. The van der Waals surface area contributed by atoms with Gasteiger partial charge in [-0.25, -0.2) is 0 Å². The second kappa shape index (κ2) is 5.34. The number of nitrogens with one attached hydrogen (secondary N) is 1. The Morgan fingerprint density at radius 1 is 1.53 bits per heavy atom. The topological polar surface area (TPSA) is 29.1 Å². The van der Waals surface area contributed by atoms with Crippen LogP contribution in [0.3, 0.4) is 0 Å². The van der Waals surface area contributed by atoms with E-state index in [2.05, 4.69) is 17.3 Å². The van der Waals surface area contributed by atoms with Crippen LogP contribution in [0.2, 0.25) is 5.02 Å². The van der Waals surface area contributed by atoms with E-state index in [9.17, 15) is 4.79 Å². The van der Waals surface area contributed by atoms with Crippen molar-refractivity contribution in [2.45, 2.75) is 6.42 Å². The van der Waals surface area contributed by atoms with Crippen molar-refractivity contribution in [1.29, 1.82) is 0 Å². The molecule has 88 valence electrons. The molecule has 0 fully saturated rings. The molecule has 1 aromatic heterocycles. The second-order valence-electron chi connectivity index (χ2n) is 3.65. The van der Waals surface area contributed by atoms with Gasteiger partial charge in [0.25, 0.3) is 0 Å². The van der Waals surface area contributed by atoms with Crippen LogP contribution in [0.1, 0.15) is 5.56 Å². The molecular formula is C13H12ClNOS. The Morgan fingerprint density at radius 3 is 3.12 bits per heavy atom. The van der Waals surface area contributed by atoms with Crippen molar-refractivity contribution in [3.63, 3.8) is 0 Å². The van der Waals surface area contributed by atoms with Gasteiger partial charge in [0.15, 0.2) is 0 Å². The number of benzene rings is 1. The van der Waals surface area contributed by atoms with Gasteiger partial charge < -0.3 is 5.32 Å². The van der Waals surface area contributed by atoms with Crippen LogP contribution >= 0.6 is 22.9 Å². The fourth-order valence-electron chi connectivity index (χ4n) is 1.64. The van der Waals surface area contributed by atoms with Crippen molar-refractivity contribution in [3.8, 4) is 0 Å². The van der Waals surface area contributed by atoms with Crippen LogP contribution in [0.4, 0.5) is 0 Å². The zero-order chi connectivity index (χ0) is 12.3. The maximum Gasteiger partial charge on any atom is 0.243 e. The van der Waals surface area contributed by atoms with Gasteiger partial charge in [0.1, 0.15) is 0 Å². The van der Waals surface area contributed by atoms with Gasteiger partial charge in [0, 0.05) is 16.3 Å². The number of hydrogen-bond donors (Lipinski definition) is 1. The van der Waals surface area contributed by atoms with Crippen LogP contribution in [0.15, 0.2) is 36.2 Å². The van der Waals surface area contributed by atoms with Crippen LogP contribution < -0.4 is 5.32 Å². The monoisotopic (exact) mass is 265 g/mol. The molecule has 1 amide bonds. The third-order valence-corrected chi connectivity index (χ3v) is 3.74. The predicted molar refractivity (Wildman–Crippen MR) is 73.7 cm³/mol. The van der Waals surface area contributed by atoms with E-state index in [0.717, 1.165) is 11.4 Å². The van der Waals surface area contributed by atoms with E-state index in [4.69, 9.17) is 11.6 Å². The first kappa shape index (κ1) is 12.1. The largest absolute Gasteiger partial charge is 0.352 e. The normalized spacial score (nSPS) is 10.4. The molecule has 1 heterocycles. The zero-order valence-corrected chi connectivity index (χ0v) is 10.8. The van der Waals surface area contributed by atoms with Crippen molar-refractivity contribution in [2.75, 3.05) is 6.54 Å². The number of carbonyl (C=O) groups excluding carboxylic acids is 1. The van der Waals surface area contributed by atoms with Crippen molar-refractivity contribution in [1.82, 2.24) is 5.32 Å². The molecule has 0 aliphatic rings. The summed E-state index contributed by atoms with van der Waals surface area (Å²) in [5.74, 6) is -0.137. The number of carbonyl (C=O) groups is 1. The number of halogens is 1. The van der Waals surface area contributed by atoms with E-state index < -0.39 is 0 Å². The fraction of sp³-hybridized carbons (Fsp3) is 0.154. The summed E-state index contributed by atoms with van der Waals surface area (Å²) in [4.78, 5) is 11.0. The van der Waals surface area contributed by atoms with Gasteiger partial charge in [-0.15, -0.1) is 11.3 Å². The predicted octanol–water partition coefficient (Wildman–Crippen LogP) is 3.40. The molecule has 0 saturated heterocycles. The van der Waals surface area contributed by atoms with E-state index in [0.29, 0.717) is 6.54 Å². The maximum atomic E-state index is 11.0. The Balaban J connectivity index is 2.11. The number of amides is 1. The second-order valence-corrected chi connectivity index (χ2v) is 4.99. The first-order chi connectivity index (χ1) is 8.20. The molecule has 0 spiro atoms. The molecule has 2 rings (SSSR count). The van der Waals surface area contributed by atoms with E-state index in [1.54, 1.807) is 11.3 Å². The Labute approximate surface area is 109 Å².